The molecule has 1 aliphatic heterocycles. The number of thioether (sulfide) groups is 1. The minimum absolute atomic E-state index is 0.135. The van der Waals surface area contributed by atoms with Gasteiger partial charge in [0.15, 0.2) is 4.80 Å². The van der Waals surface area contributed by atoms with Crippen molar-refractivity contribution in [3.05, 3.63) is 28.6 Å². The van der Waals surface area contributed by atoms with Crippen LogP contribution in [0.3, 0.4) is 0 Å². The van der Waals surface area contributed by atoms with Crippen LogP contribution in [0.2, 0.25) is 0 Å². The van der Waals surface area contributed by atoms with Crippen LogP contribution in [0.4, 0.5) is 0 Å². The van der Waals surface area contributed by atoms with E-state index in [4.69, 9.17) is 0 Å². The summed E-state index contributed by atoms with van der Waals surface area (Å²) < 4.78 is 28.0. The molecule has 0 saturated carbocycles. The van der Waals surface area contributed by atoms with E-state index in [-0.39, 0.29) is 11.8 Å². The van der Waals surface area contributed by atoms with Crippen molar-refractivity contribution in [2.24, 2.45) is 10.9 Å². The molecule has 1 amide bonds. The van der Waals surface area contributed by atoms with E-state index in [9.17, 15) is 13.2 Å². The van der Waals surface area contributed by atoms with E-state index >= 15 is 0 Å². The van der Waals surface area contributed by atoms with Crippen LogP contribution in [0.1, 0.15) is 18.4 Å². The molecule has 1 aromatic carbocycles. The Hall–Kier alpha value is -1.16. The van der Waals surface area contributed by atoms with Gasteiger partial charge in [-0.15, -0.1) is 0 Å². The lowest BCUT2D eigenvalue weighted by molar-refractivity contribution is -0.122. The molecule has 2 aromatic rings. The Bertz CT molecular complexity index is 1000. The Labute approximate surface area is 168 Å². The molecular formula is C18H25N3O3S3. The molecule has 27 heavy (non-hydrogen) atoms. The lowest BCUT2D eigenvalue weighted by atomic mass is 9.98. The number of fused-ring (bicyclic) bond motifs is 1. The molecule has 1 aromatic heterocycles. The van der Waals surface area contributed by atoms with E-state index in [1.807, 2.05) is 0 Å². The first kappa shape index (κ1) is 20.6. The van der Waals surface area contributed by atoms with Crippen molar-refractivity contribution in [1.29, 1.82) is 0 Å². The van der Waals surface area contributed by atoms with Crippen molar-refractivity contribution < 1.29 is 13.2 Å². The maximum absolute atomic E-state index is 12.7. The van der Waals surface area contributed by atoms with Gasteiger partial charge in [-0.3, -0.25) is 4.79 Å². The van der Waals surface area contributed by atoms with Gasteiger partial charge in [-0.1, -0.05) is 17.4 Å². The molecule has 0 bridgehead atoms. The van der Waals surface area contributed by atoms with Gasteiger partial charge in [0.05, 0.1) is 16.5 Å². The zero-order valence-corrected chi connectivity index (χ0v) is 18.3. The molecule has 9 heteroatoms. The normalized spacial score (nSPS) is 17.7. The van der Waals surface area contributed by atoms with Crippen LogP contribution >= 0.6 is 23.1 Å². The van der Waals surface area contributed by atoms with E-state index in [1.54, 1.807) is 23.1 Å². The molecule has 0 atom stereocenters. The minimum Gasteiger partial charge on any atom is -0.316 e. The summed E-state index contributed by atoms with van der Waals surface area (Å²) in [6.45, 7) is 3.65. The number of thiazole rings is 1. The quantitative estimate of drug-likeness (QED) is 0.735. The monoisotopic (exact) mass is 427 g/mol. The Balaban J connectivity index is 1.87. The fourth-order valence-electron chi connectivity index (χ4n) is 3.28. The second kappa shape index (κ2) is 8.46. The van der Waals surface area contributed by atoms with Gasteiger partial charge in [-0.05, 0) is 43.7 Å². The summed E-state index contributed by atoms with van der Waals surface area (Å²) in [5, 5.41) is 0. The number of piperidine rings is 1. The van der Waals surface area contributed by atoms with Crippen molar-refractivity contribution >= 4 is 49.2 Å². The molecule has 0 spiro atoms. The molecule has 0 aliphatic carbocycles. The smallest absolute Gasteiger partial charge is 0.251 e. The molecule has 1 aliphatic rings. The molecule has 148 valence electrons. The number of hydrogen-bond donors (Lipinski definition) is 0. The molecule has 0 unspecified atom stereocenters. The van der Waals surface area contributed by atoms with E-state index in [2.05, 4.69) is 40.9 Å². The van der Waals surface area contributed by atoms with Crippen LogP contribution in [0.5, 0.6) is 0 Å². The third-order valence-corrected chi connectivity index (χ3v) is 7.77. The van der Waals surface area contributed by atoms with Crippen molar-refractivity contribution in [2.75, 3.05) is 31.4 Å². The van der Waals surface area contributed by atoms with E-state index < -0.39 is 10.0 Å². The lowest BCUT2D eigenvalue weighted by Gasteiger charge is -2.28. The summed E-state index contributed by atoms with van der Waals surface area (Å²) in [6.07, 6.45) is 4.35. The van der Waals surface area contributed by atoms with Crippen LogP contribution in [0, 0.1) is 12.8 Å². The van der Waals surface area contributed by atoms with Crippen molar-refractivity contribution in [3.63, 3.8) is 0 Å². The minimum atomic E-state index is -3.19. The SMILES string of the molecule is CSCCn1c(=NC(=O)C2CCN(S(C)(=O)=O)CC2)sc2cc(C)ccc21. The van der Waals surface area contributed by atoms with Gasteiger partial charge in [-0.25, -0.2) is 12.7 Å². The van der Waals surface area contributed by atoms with Crippen molar-refractivity contribution in [3.8, 4) is 0 Å². The van der Waals surface area contributed by atoms with Gasteiger partial charge in [0.25, 0.3) is 5.91 Å². The van der Waals surface area contributed by atoms with Crippen LogP contribution < -0.4 is 4.80 Å². The number of sulfonamides is 1. The fraction of sp³-hybridized carbons (Fsp3) is 0.556. The number of nitrogens with zero attached hydrogens (tertiary/aromatic N) is 3. The first-order valence-electron chi connectivity index (χ1n) is 8.92. The third kappa shape index (κ3) is 4.82. The fourth-order valence-corrected chi connectivity index (χ4v) is 5.68. The van der Waals surface area contributed by atoms with Gasteiger partial charge in [0.2, 0.25) is 10.0 Å². The molecule has 1 saturated heterocycles. The molecule has 6 nitrogen and oxygen atoms in total. The number of rotatable bonds is 5. The molecule has 3 rings (SSSR count). The summed E-state index contributed by atoms with van der Waals surface area (Å²) in [6, 6.07) is 6.30. The van der Waals surface area contributed by atoms with Crippen molar-refractivity contribution in [1.82, 2.24) is 8.87 Å². The highest BCUT2D eigenvalue weighted by molar-refractivity contribution is 7.98. The number of aromatic nitrogens is 1. The maximum atomic E-state index is 12.7. The summed E-state index contributed by atoms with van der Waals surface area (Å²) in [7, 11) is -3.19. The molecule has 0 N–H and O–H groups in total. The average Bonchev–Trinajstić information content (AvgIpc) is 2.95. The second-order valence-electron chi connectivity index (χ2n) is 6.89. The van der Waals surface area contributed by atoms with Gasteiger partial charge in [0, 0.05) is 31.3 Å². The Morgan fingerprint density at radius 2 is 2.04 bits per heavy atom. The Morgan fingerprint density at radius 1 is 1.33 bits per heavy atom. The maximum Gasteiger partial charge on any atom is 0.251 e. The predicted octanol–water partition coefficient (Wildman–Crippen LogP) is 2.47. The first-order valence-corrected chi connectivity index (χ1v) is 13.0. The summed E-state index contributed by atoms with van der Waals surface area (Å²) in [5.41, 5.74) is 2.30. The Kier molecular flexibility index (Phi) is 6.45. The zero-order chi connectivity index (χ0) is 19.6. The first-order chi connectivity index (χ1) is 12.8. The topological polar surface area (TPSA) is 71.7 Å². The highest BCUT2D eigenvalue weighted by Gasteiger charge is 2.28. The standard InChI is InChI=1S/C18H25N3O3S3/c1-13-4-5-15-16(12-13)26-18(21(15)10-11-25-2)19-17(22)14-6-8-20(9-7-14)27(3,23)24/h4-5,12,14H,6-11H2,1-3H3. The molecule has 1 fully saturated rings. The number of carbonyl (C=O) groups is 1. The predicted molar refractivity (Wildman–Crippen MR) is 113 cm³/mol. The summed E-state index contributed by atoms with van der Waals surface area (Å²) >= 11 is 3.31. The van der Waals surface area contributed by atoms with Crippen LogP contribution in [-0.4, -0.2) is 54.6 Å². The number of amides is 1. The van der Waals surface area contributed by atoms with E-state index in [1.165, 1.54) is 16.1 Å². The Morgan fingerprint density at radius 3 is 2.67 bits per heavy atom. The number of aryl methyl sites for hydroxylation is 2. The number of benzene rings is 1. The van der Waals surface area contributed by atoms with Crippen LogP contribution in [0.25, 0.3) is 10.2 Å². The molecular weight excluding hydrogens is 402 g/mol. The molecule has 2 heterocycles. The van der Waals surface area contributed by atoms with Gasteiger partial charge >= 0.3 is 0 Å². The van der Waals surface area contributed by atoms with Crippen LogP contribution in [0.15, 0.2) is 23.2 Å². The summed E-state index contributed by atoms with van der Waals surface area (Å²) in [5.74, 6) is 0.613. The summed E-state index contributed by atoms with van der Waals surface area (Å²) in [4.78, 5) is 17.9. The highest BCUT2D eigenvalue weighted by Crippen LogP contribution is 2.22. The van der Waals surface area contributed by atoms with Crippen LogP contribution in [-0.2, 0) is 21.4 Å². The van der Waals surface area contributed by atoms with Gasteiger partial charge in [-0.2, -0.15) is 16.8 Å². The number of hydrogen-bond acceptors (Lipinski definition) is 5. The van der Waals surface area contributed by atoms with Crippen molar-refractivity contribution in [2.45, 2.75) is 26.3 Å². The number of carbonyl (C=O) groups excluding carboxylic acids is 1. The lowest BCUT2D eigenvalue weighted by Crippen LogP contribution is -2.39. The molecule has 0 radical (unpaired) electrons. The second-order valence-corrected chi connectivity index (χ2v) is 10.9. The zero-order valence-electron chi connectivity index (χ0n) is 15.8. The van der Waals surface area contributed by atoms with E-state index in [0.29, 0.717) is 25.9 Å². The highest BCUT2D eigenvalue weighted by atomic mass is 32.2. The van der Waals surface area contributed by atoms with Gasteiger partial charge in [0.1, 0.15) is 0 Å². The third-order valence-electron chi connectivity index (χ3n) is 4.84. The largest absolute Gasteiger partial charge is 0.316 e. The van der Waals surface area contributed by atoms with Gasteiger partial charge < -0.3 is 4.57 Å². The van der Waals surface area contributed by atoms with E-state index in [0.717, 1.165) is 27.3 Å². The average molecular weight is 428 g/mol.